The molecule has 0 bridgehead atoms. The lowest BCUT2D eigenvalue weighted by Gasteiger charge is -2.32. The highest BCUT2D eigenvalue weighted by atomic mass is 32.1. The van der Waals surface area contributed by atoms with Crippen molar-refractivity contribution >= 4 is 28.2 Å². The molecule has 1 saturated heterocycles. The fourth-order valence-corrected chi connectivity index (χ4v) is 3.57. The van der Waals surface area contributed by atoms with Gasteiger partial charge in [-0.05, 0) is 19.9 Å². The molecule has 10 heteroatoms. The van der Waals surface area contributed by atoms with Crippen molar-refractivity contribution < 1.29 is 9.53 Å². The van der Waals surface area contributed by atoms with E-state index >= 15 is 0 Å². The molecule has 4 rings (SSSR count). The first kappa shape index (κ1) is 17.6. The highest BCUT2D eigenvalue weighted by Crippen LogP contribution is 2.26. The van der Waals surface area contributed by atoms with Crippen LogP contribution in [-0.2, 0) is 4.74 Å². The first-order valence-electron chi connectivity index (χ1n) is 8.54. The van der Waals surface area contributed by atoms with Crippen molar-refractivity contribution in [3.8, 4) is 0 Å². The average molecular weight is 385 g/mol. The number of hydrogen-bond acceptors (Lipinski definition) is 8. The van der Waals surface area contributed by atoms with Gasteiger partial charge < -0.3 is 15.0 Å². The SMILES string of the molecule is Cc1nc(Nc2ncc(C)s2)cc([C@H]2CN(C(=O)c3ccn[nH]3)CCO2)n1. The van der Waals surface area contributed by atoms with Gasteiger partial charge in [-0.1, -0.05) is 0 Å². The topological polar surface area (TPSA) is 109 Å². The summed E-state index contributed by atoms with van der Waals surface area (Å²) in [7, 11) is 0. The number of aromatic nitrogens is 5. The molecule has 0 radical (unpaired) electrons. The Bertz CT molecular complexity index is 941. The van der Waals surface area contributed by atoms with Crippen LogP contribution in [0.1, 0.15) is 33.0 Å². The van der Waals surface area contributed by atoms with Gasteiger partial charge in [-0.25, -0.2) is 15.0 Å². The average Bonchev–Trinajstić information content (AvgIpc) is 3.33. The summed E-state index contributed by atoms with van der Waals surface area (Å²) in [4.78, 5) is 28.7. The minimum atomic E-state index is -0.314. The Balaban J connectivity index is 1.52. The van der Waals surface area contributed by atoms with Crippen molar-refractivity contribution in [3.63, 3.8) is 0 Å². The number of aromatic amines is 1. The van der Waals surface area contributed by atoms with E-state index in [1.165, 1.54) is 0 Å². The number of carbonyl (C=O) groups is 1. The number of H-pyrrole nitrogens is 1. The van der Waals surface area contributed by atoms with Crippen molar-refractivity contribution in [2.24, 2.45) is 0 Å². The van der Waals surface area contributed by atoms with Gasteiger partial charge in [-0.15, -0.1) is 11.3 Å². The molecule has 4 heterocycles. The Morgan fingerprint density at radius 3 is 3.04 bits per heavy atom. The summed E-state index contributed by atoms with van der Waals surface area (Å²) in [6.45, 7) is 5.23. The molecular formula is C17H19N7O2S. The molecule has 0 saturated carbocycles. The highest BCUT2D eigenvalue weighted by molar-refractivity contribution is 7.15. The maximum absolute atomic E-state index is 12.6. The molecule has 0 aromatic carbocycles. The van der Waals surface area contributed by atoms with Crippen molar-refractivity contribution in [3.05, 3.63) is 46.6 Å². The normalized spacial score (nSPS) is 17.1. The van der Waals surface area contributed by atoms with Crippen molar-refractivity contribution in [1.29, 1.82) is 0 Å². The second kappa shape index (κ2) is 7.41. The standard InChI is InChI=1S/C17H19N7O2S/c1-10-8-18-17(27-10)22-15-7-13(20-11(2)21-15)14-9-24(5-6-26-14)16(25)12-3-4-19-23-12/h3-4,7-8,14H,5-6,9H2,1-2H3,(H,19,23)(H,18,20,21,22)/t14-/m1/s1. The molecule has 3 aromatic heterocycles. The molecule has 3 aromatic rings. The first-order valence-corrected chi connectivity index (χ1v) is 9.35. The number of nitrogens with one attached hydrogen (secondary N) is 2. The lowest BCUT2D eigenvalue weighted by atomic mass is 10.2. The van der Waals surface area contributed by atoms with E-state index in [0.29, 0.717) is 37.0 Å². The van der Waals surface area contributed by atoms with Crippen molar-refractivity contribution in [2.45, 2.75) is 20.0 Å². The summed E-state index contributed by atoms with van der Waals surface area (Å²) in [6.07, 6.45) is 3.06. The number of aryl methyl sites for hydroxylation is 2. The summed E-state index contributed by atoms with van der Waals surface area (Å²) in [5.41, 5.74) is 1.21. The van der Waals surface area contributed by atoms with Crippen LogP contribution in [0.15, 0.2) is 24.5 Å². The zero-order chi connectivity index (χ0) is 18.8. The van der Waals surface area contributed by atoms with Gasteiger partial charge in [-0.2, -0.15) is 5.10 Å². The number of morpholine rings is 1. The highest BCUT2D eigenvalue weighted by Gasteiger charge is 2.28. The number of amides is 1. The summed E-state index contributed by atoms with van der Waals surface area (Å²) >= 11 is 1.56. The molecular weight excluding hydrogens is 366 g/mol. The number of rotatable bonds is 4. The van der Waals surface area contributed by atoms with Crippen LogP contribution >= 0.6 is 11.3 Å². The van der Waals surface area contributed by atoms with Crippen LogP contribution in [0, 0.1) is 13.8 Å². The van der Waals surface area contributed by atoms with Gasteiger partial charge in [0.25, 0.3) is 5.91 Å². The number of anilines is 2. The number of hydrogen-bond donors (Lipinski definition) is 2. The maximum atomic E-state index is 12.6. The smallest absolute Gasteiger partial charge is 0.272 e. The second-order valence-electron chi connectivity index (χ2n) is 6.21. The lowest BCUT2D eigenvalue weighted by Crippen LogP contribution is -2.42. The third-order valence-electron chi connectivity index (χ3n) is 4.13. The molecule has 1 amide bonds. The van der Waals surface area contributed by atoms with Crippen LogP contribution in [0.4, 0.5) is 10.9 Å². The van der Waals surface area contributed by atoms with Crippen LogP contribution in [0.3, 0.4) is 0 Å². The van der Waals surface area contributed by atoms with Crippen LogP contribution in [-0.4, -0.2) is 55.7 Å². The number of nitrogens with zero attached hydrogens (tertiary/aromatic N) is 5. The predicted molar refractivity (Wildman–Crippen MR) is 100 cm³/mol. The van der Waals surface area contributed by atoms with Gasteiger partial charge >= 0.3 is 0 Å². The molecule has 9 nitrogen and oxygen atoms in total. The fraction of sp³-hybridized carbons (Fsp3) is 0.353. The minimum Gasteiger partial charge on any atom is -0.368 e. The quantitative estimate of drug-likeness (QED) is 0.709. The molecule has 0 aliphatic carbocycles. The molecule has 2 N–H and O–H groups in total. The summed E-state index contributed by atoms with van der Waals surface area (Å²) in [5.74, 6) is 1.19. The first-order chi connectivity index (χ1) is 13.1. The molecule has 1 atom stereocenters. The van der Waals surface area contributed by atoms with E-state index in [0.717, 1.165) is 15.7 Å². The predicted octanol–water partition coefficient (Wildman–Crippen LogP) is 2.23. The van der Waals surface area contributed by atoms with E-state index in [9.17, 15) is 4.79 Å². The van der Waals surface area contributed by atoms with Crippen molar-refractivity contribution in [2.75, 3.05) is 25.0 Å². The number of thiazole rings is 1. The number of carbonyl (C=O) groups excluding carboxylic acids is 1. The van der Waals surface area contributed by atoms with Gasteiger partial charge in [-0.3, -0.25) is 9.89 Å². The van der Waals surface area contributed by atoms with E-state index in [1.54, 1.807) is 28.5 Å². The van der Waals surface area contributed by atoms with E-state index in [2.05, 4.69) is 30.5 Å². The molecule has 1 fully saturated rings. The zero-order valence-electron chi connectivity index (χ0n) is 15.0. The van der Waals surface area contributed by atoms with Crippen LogP contribution in [0.2, 0.25) is 0 Å². The van der Waals surface area contributed by atoms with Gasteiger partial charge in [0.15, 0.2) is 5.13 Å². The zero-order valence-corrected chi connectivity index (χ0v) is 15.8. The Labute approximate surface area is 159 Å². The van der Waals surface area contributed by atoms with Gasteiger partial charge in [0.2, 0.25) is 0 Å². The van der Waals surface area contributed by atoms with Gasteiger partial charge in [0, 0.05) is 29.9 Å². The van der Waals surface area contributed by atoms with Crippen molar-refractivity contribution in [1.82, 2.24) is 30.0 Å². The second-order valence-corrected chi connectivity index (χ2v) is 7.44. The van der Waals surface area contributed by atoms with E-state index in [4.69, 9.17) is 4.74 Å². The Kier molecular flexibility index (Phi) is 4.82. The summed E-state index contributed by atoms with van der Waals surface area (Å²) in [6, 6.07) is 3.51. The molecule has 140 valence electrons. The largest absolute Gasteiger partial charge is 0.368 e. The molecule has 27 heavy (non-hydrogen) atoms. The van der Waals surface area contributed by atoms with Gasteiger partial charge in [0.1, 0.15) is 23.4 Å². The Hall–Kier alpha value is -2.85. The van der Waals surface area contributed by atoms with Gasteiger partial charge in [0.05, 0.1) is 18.8 Å². The van der Waals surface area contributed by atoms with E-state index < -0.39 is 0 Å². The summed E-state index contributed by atoms with van der Waals surface area (Å²) in [5, 5.41) is 10.5. The monoisotopic (exact) mass is 385 g/mol. The van der Waals surface area contributed by atoms with E-state index in [-0.39, 0.29) is 12.0 Å². The molecule has 0 spiro atoms. The van der Waals surface area contributed by atoms with Crippen LogP contribution in [0.5, 0.6) is 0 Å². The summed E-state index contributed by atoms with van der Waals surface area (Å²) < 4.78 is 5.88. The molecule has 0 unspecified atom stereocenters. The minimum absolute atomic E-state index is 0.0943. The molecule has 1 aliphatic rings. The third kappa shape index (κ3) is 3.96. The van der Waals surface area contributed by atoms with Crippen LogP contribution in [0.25, 0.3) is 0 Å². The maximum Gasteiger partial charge on any atom is 0.272 e. The number of ether oxygens (including phenoxy) is 1. The van der Waals surface area contributed by atoms with Crippen LogP contribution < -0.4 is 5.32 Å². The van der Waals surface area contributed by atoms with E-state index in [1.807, 2.05) is 26.1 Å². The molecule has 1 aliphatic heterocycles. The Morgan fingerprint density at radius 2 is 2.30 bits per heavy atom. The Morgan fingerprint density at radius 1 is 1.41 bits per heavy atom. The lowest BCUT2D eigenvalue weighted by molar-refractivity contribution is -0.0250. The fourth-order valence-electron chi connectivity index (χ4n) is 2.90. The third-order valence-corrected chi connectivity index (χ3v) is 4.96.